The molecule has 0 N–H and O–H groups in total. The average molecular weight is 1310 g/mol. The van der Waals surface area contributed by atoms with Gasteiger partial charge in [0.05, 0.1) is 52.4 Å². The Morgan fingerprint density at radius 3 is 1.44 bits per heavy atom. The molecule has 0 saturated heterocycles. The van der Waals surface area contributed by atoms with Crippen LogP contribution in [0.3, 0.4) is 0 Å². The van der Waals surface area contributed by atoms with Crippen LogP contribution in [0.4, 0.5) is 26.3 Å². The van der Waals surface area contributed by atoms with E-state index >= 15 is 0 Å². The van der Waals surface area contributed by atoms with Crippen LogP contribution in [0.5, 0.6) is 0 Å². The van der Waals surface area contributed by atoms with E-state index in [0.29, 0.717) is 91.7 Å². The minimum Gasteiger partial charge on any atom is -0.355 e. The second-order valence-electron chi connectivity index (χ2n) is 24.0. The molecule has 9 aromatic heterocycles. The lowest BCUT2D eigenvalue weighted by Gasteiger charge is -2.15. The minimum atomic E-state index is -2.94. The molecule has 0 bridgehead atoms. The first-order valence-electron chi connectivity index (χ1n) is 31.0. The second-order valence-corrected chi connectivity index (χ2v) is 24.0. The SMILES string of the molecule is Cc1cc(C#Cc2cnc3cccnn23)c2onc(Cc3cccc(C(C)(F)F)c3)c2c1C.Cc1cc(C)c2c(Cc3cccc(C(C)(F)F)c3)noc2c1C#Cc1cnc2cccnn12.Cc1ccc2c(Cc3ccccc3C(C)(F)F)noc2c1C#Cc1cnc2cccnn12. The van der Waals surface area contributed by atoms with Crippen molar-refractivity contribution >= 4 is 49.8 Å². The number of imidazole rings is 3. The number of aryl methyl sites for hydroxylation is 5. The van der Waals surface area contributed by atoms with Crippen LogP contribution in [0, 0.1) is 70.1 Å². The molecular formula is C77H58F6N12O3. The molecule has 15 rings (SSSR count). The number of hydrogen-bond donors (Lipinski definition) is 0. The van der Waals surface area contributed by atoms with Crippen molar-refractivity contribution in [2.24, 2.45) is 0 Å². The lowest BCUT2D eigenvalue weighted by atomic mass is 9.96. The normalized spacial score (nSPS) is 11.7. The lowest BCUT2D eigenvalue weighted by molar-refractivity contribution is 0.0161. The smallest absolute Gasteiger partial charge is 0.270 e. The maximum Gasteiger partial charge on any atom is 0.270 e. The summed E-state index contributed by atoms with van der Waals surface area (Å²) < 4.78 is 105. The Bertz CT molecular complexity index is 5760. The predicted octanol–water partition coefficient (Wildman–Crippen LogP) is 16.5. The number of aromatic nitrogens is 12. The quantitative estimate of drug-likeness (QED) is 0.0992. The summed E-state index contributed by atoms with van der Waals surface area (Å²) >= 11 is 0. The molecular weight excluding hydrogens is 1250 g/mol. The lowest BCUT2D eigenvalue weighted by Crippen LogP contribution is -2.11. The van der Waals surface area contributed by atoms with E-state index in [1.54, 1.807) is 81.1 Å². The molecule has 0 fully saturated rings. The van der Waals surface area contributed by atoms with Crippen LogP contribution >= 0.6 is 0 Å². The van der Waals surface area contributed by atoms with Gasteiger partial charge < -0.3 is 13.6 Å². The van der Waals surface area contributed by atoms with Gasteiger partial charge in [0, 0.05) is 91.5 Å². The van der Waals surface area contributed by atoms with Crippen molar-refractivity contribution in [1.82, 2.24) is 59.3 Å². The van der Waals surface area contributed by atoms with Gasteiger partial charge in [0.2, 0.25) is 0 Å². The van der Waals surface area contributed by atoms with Gasteiger partial charge in [0.15, 0.2) is 33.7 Å². The number of rotatable bonds is 9. The number of alkyl halides is 6. The van der Waals surface area contributed by atoms with Crippen molar-refractivity contribution in [2.75, 3.05) is 0 Å². The topological polar surface area (TPSA) is 169 Å². The van der Waals surface area contributed by atoms with E-state index in [9.17, 15) is 26.3 Å². The van der Waals surface area contributed by atoms with Gasteiger partial charge in [-0.15, -0.1) is 0 Å². The van der Waals surface area contributed by atoms with Crippen molar-refractivity contribution < 1.29 is 39.9 Å². The first-order valence-corrected chi connectivity index (χ1v) is 31.0. The van der Waals surface area contributed by atoms with Crippen LogP contribution in [-0.4, -0.2) is 59.3 Å². The van der Waals surface area contributed by atoms with E-state index in [1.165, 1.54) is 30.3 Å². The van der Waals surface area contributed by atoms with Gasteiger partial charge in [0.1, 0.15) is 17.1 Å². The highest BCUT2D eigenvalue weighted by atomic mass is 19.3. The van der Waals surface area contributed by atoms with Gasteiger partial charge in [-0.1, -0.05) is 106 Å². The Morgan fingerprint density at radius 1 is 0.408 bits per heavy atom. The monoisotopic (exact) mass is 1310 g/mol. The van der Waals surface area contributed by atoms with Gasteiger partial charge in [-0.3, -0.25) is 0 Å². The summed E-state index contributed by atoms with van der Waals surface area (Å²) in [6.45, 7) is 12.6. The fraction of sp³-hybridized carbons (Fsp3) is 0.182. The largest absolute Gasteiger partial charge is 0.355 e. The second kappa shape index (κ2) is 26.2. The zero-order chi connectivity index (χ0) is 68.6. The molecule has 0 aliphatic rings. The van der Waals surface area contributed by atoms with E-state index in [1.807, 2.05) is 107 Å². The molecule has 0 spiro atoms. The highest BCUT2D eigenvalue weighted by molar-refractivity contribution is 5.91. The van der Waals surface area contributed by atoms with E-state index in [0.717, 1.165) is 87.1 Å². The van der Waals surface area contributed by atoms with Gasteiger partial charge in [-0.25, -0.2) is 54.8 Å². The molecule has 15 nitrogen and oxygen atoms in total. The molecule has 0 radical (unpaired) electrons. The highest BCUT2D eigenvalue weighted by Crippen LogP contribution is 2.36. The third-order valence-corrected chi connectivity index (χ3v) is 16.7. The number of fused-ring (bicyclic) bond motifs is 6. The highest BCUT2D eigenvalue weighted by Gasteiger charge is 2.29. The molecule has 15 aromatic rings. The minimum absolute atomic E-state index is 0.0108. The van der Waals surface area contributed by atoms with E-state index < -0.39 is 17.8 Å². The third kappa shape index (κ3) is 13.3. The summed E-state index contributed by atoms with van der Waals surface area (Å²) in [5.41, 5.74) is 16.8. The first-order chi connectivity index (χ1) is 47.0. The molecule has 21 heteroatoms. The molecule has 0 aliphatic heterocycles. The van der Waals surface area contributed by atoms with Gasteiger partial charge in [-0.05, 0) is 158 Å². The molecule has 0 aliphatic carbocycles. The Kier molecular flexibility index (Phi) is 17.3. The number of benzene rings is 6. The van der Waals surface area contributed by atoms with Crippen molar-refractivity contribution in [3.8, 4) is 35.5 Å². The number of nitrogens with zero attached hydrogens (tertiary/aromatic N) is 12. The van der Waals surface area contributed by atoms with Gasteiger partial charge in [0.25, 0.3) is 17.8 Å². The molecule has 486 valence electrons. The maximum absolute atomic E-state index is 14.0. The van der Waals surface area contributed by atoms with Gasteiger partial charge >= 0.3 is 0 Å². The first kappa shape index (κ1) is 64.6. The van der Waals surface area contributed by atoms with Crippen LogP contribution in [0.15, 0.2) is 184 Å². The van der Waals surface area contributed by atoms with Crippen molar-refractivity contribution in [3.05, 3.63) is 283 Å². The Hall–Kier alpha value is -12.2. The molecule has 0 amide bonds. The van der Waals surface area contributed by atoms with Crippen molar-refractivity contribution in [2.45, 2.75) is 92.4 Å². The van der Waals surface area contributed by atoms with Crippen LogP contribution in [0.1, 0.15) is 133 Å². The van der Waals surface area contributed by atoms with Crippen LogP contribution in [0.2, 0.25) is 0 Å². The Balaban J connectivity index is 0.000000132. The summed E-state index contributed by atoms with van der Waals surface area (Å²) in [6.07, 6.45) is 11.1. The van der Waals surface area contributed by atoms with Gasteiger partial charge in [-0.2, -0.15) is 15.3 Å². The zero-order valence-electron chi connectivity index (χ0n) is 54.1. The molecule has 0 unspecified atom stereocenters. The van der Waals surface area contributed by atoms with Crippen molar-refractivity contribution in [3.63, 3.8) is 0 Å². The summed E-state index contributed by atoms with van der Waals surface area (Å²) in [5.74, 6) is 10.2. The summed E-state index contributed by atoms with van der Waals surface area (Å²) in [6, 6.07) is 38.2. The molecule has 98 heavy (non-hydrogen) atoms. The predicted molar refractivity (Wildman–Crippen MR) is 359 cm³/mol. The fourth-order valence-electron chi connectivity index (χ4n) is 11.7. The van der Waals surface area contributed by atoms with Crippen LogP contribution < -0.4 is 0 Å². The number of halogens is 6. The maximum atomic E-state index is 14.0. The van der Waals surface area contributed by atoms with E-state index in [2.05, 4.69) is 81.2 Å². The van der Waals surface area contributed by atoms with Crippen molar-refractivity contribution in [1.29, 1.82) is 0 Å². The zero-order valence-corrected chi connectivity index (χ0v) is 54.1. The summed E-state index contributed by atoms with van der Waals surface area (Å²) in [5, 5.41) is 28.1. The number of hydrogen-bond acceptors (Lipinski definition) is 12. The molecule has 6 aromatic carbocycles. The Labute approximate surface area is 557 Å². The van der Waals surface area contributed by atoms with Crippen LogP contribution in [0.25, 0.3) is 49.8 Å². The molecule has 0 atom stereocenters. The standard InChI is InChI=1S/2C26H20F2N4O.C25H18F2N4O/c1-16-12-19(9-10-21-15-29-23-8-5-11-30-32(21)23)25-24(17(16)2)22(31-33-25)14-18-6-4-7-20(13-18)26(3,27)28;1-16-12-17(2)24-22(14-18-6-4-7-19(13-18)26(3,27)28)31-33-25(24)21(16)10-9-20-15-29-23-8-5-11-30-32(20)23;1-16-9-11-20-22(14-17-6-3-4-7-21(17)25(2,26)27)30-32-24(20)19(16)12-10-18-15-28-23-8-5-13-29-31(18)23/h2*4-8,11-13,15H,14H2,1-3H3;3-9,11,13,15H,14H2,1-2H3. The van der Waals surface area contributed by atoms with Crippen LogP contribution in [-0.2, 0) is 37.0 Å². The fourth-order valence-corrected chi connectivity index (χ4v) is 11.7. The van der Waals surface area contributed by atoms with E-state index in [-0.39, 0.29) is 23.1 Å². The average Bonchev–Trinajstić information content (AvgIpc) is 1.61. The molecule has 9 heterocycles. The third-order valence-electron chi connectivity index (χ3n) is 16.7. The van der Waals surface area contributed by atoms with E-state index in [4.69, 9.17) is 13.6 Å². The summed E-state index contributed by atoms with van der Waals surface area (Å²) in [4.78, 5) is 12.9. The molecule has 0 saturated carbocycles. The Morgan fingerprint density at radius 2 is 0.898 bits per heavy atom. The summed E-state index contributed by atoms with van der Waals surface area (Å²) in [7, 11) is 0.